The van der Waals surface area contributed by atoms with Crippen LogP contribution in [0.15, 0.2) is 64.0 Å². The first kappa shape index (κ1) is 21.5. The van der Waals surface area contributed by atoms with Gasteiger partial charge in [0, 0.05) is 34.6 Å². The van der Waals surface area contributed by atoms with E-state index in [9.17, 15) is 9.59 Å². The predicted octanol–water partition coefficient (Wildman–Crippen LogP) is 4.48. The van der Waals surface area contributed by atoms with Gasteiger partial charge in [0.25, 0.3) is 0 Å². The first-order valence-electron chi connectivity index (χ1n) is 9.00. The summed E-state index contributed by atoms with van der Waals surface area (Å²) in [4.78, 5) is 28.0. The van der Waals surface area contributed by atoms with Gasteiger partial charge in [-0.1, -0.05) is 46.3 Å². The SMILES string of the molecule is CCNC(=O)[C@H](C)N(Cc1cccc(Br)c1)C(=O)CCSc1ccccc1. The number of carbonyl (C=O) groups is 2. The number of rotatable bonds is 9. The number of amides is 2. The van der Waals surface area contributed by atoms with Gasteiger partial charge in [-0.25, -0.2) is 0 Å². The van der Waals surface area contributed by atoms with E-state index in [1.54, 1.807) is 23.6 Å². The monoisotopic (exact) mass is 448 g/mol. The molecular weight excluding hydrogens is 424 g/mol. The molecule has 0 saturated heterocycles. The summed E-state index contributed by atoms with van der Waals surface area (Å²) in [6, 6.07) is 17.3. The van der Waals surface area contributed by atoms with Crippen LogP contribution in [-0.4, -0.2) is 35.1 Å². The second kappa shape index (κ2) is 11.1. The fourth-order valence-electron chi connectivity index (χ4n) is 2.65. The van der Waals surface area contributed by atoms with Crippen LogP contribution in [0.5, 0.6) is 0 Å². The maximum atomic E-state index is 12.9. The Kier molecular flexibility index (Phi) is 8.88. The van der Waals surface area contributed by atoms with Crippen LogP contribution in [-0.2, 0) is 16.1 Å². The molecule has 0 aliphatic carbocycles. The van der Waals surface area contributed by atoms with Crippen molar-refractivity contribution < 1.29 is 9.59 Å². The molecule has 1 N–H and O–H groups in total. The minimum absolute atomic E-state index is 0.0165. The number of nitrogens with zero attached hydrogens (tertiary/aromatic N) is 1. The lowest BCUT2D eigenvalue weighted by molar-refractivity contribution is -0.140. The third-order valence-electron chi connectivity index (χ3n) is 4.09. The summed E-state index contributed by atoms with van der Waals surface area (Å²) in [5, 5.41) is 2.81. The van der Waals surface area contributed by atoms with E-state index in [0.29, 0.717) is 25.3 Å². The van der Waals surface area contributed by atoms with Gasteiger partial charge in [-0.2, -0.15) is 0 Å². The van der Waals surface area contributed by atoms with Gasteiger partial charge in [0.15, 0.2) is 0 Å². The molecule has 0 aromatic heterocycles. The molecular formula is C21H25BrN2O2S. The molecule has 4 nitrogen and oxygen atoms in total. The molecule has 0 heterocycles. The standard InChI is InChI=1S/C21H25BrN2O2S/c1-3-23-21(26)16(2)24(15-17-8-7-9-18(22)14-17)20(25)12-13-27-19-10-5-4-6-11-19/h4-11,14,16H,3,12-13,15H2,1-2H3,(H,23,26)/t16-/m0/s1. The second-order valence-electron chi connectivity index (χ2n) is 6.13. The summed E-state index contributed by atoms with van der Waals surface area (Å²) in [6.07, 6.45) is 0.386. The second-order valence-corrected chi connectivity index (χ2v) is 8.22. The van der Waals surface area contributed by atoms with E-state index in [-0.39, 0.29) is 11.8 Å². The average Bonchev–Trinajstić information content (AvgIpc) is 2.66. The van der Waals surface area contributed by atoms with Crippen molar-refractivity contribution in [3.63, 3.8) is 0 Å². The van der Waals surface area contributed by atoms with Crippen molar-refractivity contribution in [2.24, 2.45) is 0 Å². The van der Waals surface area contributed by atoms with Crippen molar-refractivity contribution >= 4 is 39.5 Å². The van der Waals surface area contributed by atoms with Crippen LogP contribution in [0.2, 0.25) is 0 Å². The van der Waals surface area contributed by atoms with E-state index in [0.717, 1.165) is 14.9 Å². The Morgan fingerprint density at radius 2 is 1.89 bits per heavy atom. The third-order valence-corrected chi connectivity index (χ3v) is 5.60. The van der Waals surface area contributed by atoms with E-state index in [1.165, 1.54) is 0 Å². The summed E-state index contributed by atoms with van der Waals surface area (Å²) in [5.41, 5.74) is 0.990. The number of hydrogen-bond donors (Lipinski definition) is 1. The zero-order chi connectivity index (χ0) is 19.6. The molecule has 2 aromatic rings. The number of benzene rings is 2. The van der Waals surface area contributed by atoms with Gasteiger partial charge >= 0.3 is 0 Å². The normalized spacial score (nSPS) is 11.7. The highest BCUT2D eigenvalue weighted by Gasteiger charge is 2.25. The minimum atomic E-state index is -0.516. The van der Waals surface area contributed by atoms with E-state index >= 15 is 0 Å². The van der Waals surface area contributed by atoms with Crippen LogP contribution >= 0.6 is 27.7 Å². The lowest BCUT2D eigenvalue weighted by atomic mass is 10.1. The van der Waals surface area contributed by atoms with Gasteiger partial charge in [0.05, 0.1) is 0 Å². The molecule has 1 atom stereocenters. The van der Waals surface area contributed by atoms with E-state index in [4.69, 9.17) is 0 Å². The fourth-order valence-corrected chi connectivity index (χ4v) is 3.96. The zero-order valence-electron chi connectivity index (χ0n) is 15.7. The molecule has 0 aliphatic heterocycles. The van der Waals surface area contributed by atoms with Crippen molar-refractivity contribution in [2.45, 2.75) is 37.8 Å². The molecule has 6 heteroatoms. The molecule has 0 spiro atoms. The number of likely N-dealkylation sites (N-methyl/N-ethyl adjacent to an activating group) is 1. The maximum absolute atomic E-state index is 12.9. The molecule has 2 aromatic carbocycles. The van der Waals surface area contributed by atoms with E-state index in [1.807, 2.05) is 61.5 Å². The van der Waals surface area contributed by atoms with Crippen LogP contribution in [0.1, 0.15) is 25.8 Å². The zero-order valence-corrected chi connectivity index (χ0v) is 18.1. The number of hydrogen-bond acceptors (Lipinski definition) is 3. The first-order chi connectivity index (χ1) is 13.0. The fraction of sp³-hybridized carbons (Fsp3) is 0.333. The molecule has 0 fully saturated rings. The topological polar surface area (TPSA) is 49.4 Å². The van der Waals surface area contributed by atoms with Gasteiger partial charge in [-0.3, -0.25) is 9.59 Å². The molecule has 0 bridgehead atoms. The number of halogens is 1. The van der Waals surface area contributed by atoms with Gasteiger partial charge < -0.3 is 10.2 Å². The van der Waals surface area contributed by atoms with Gasteiger partial charge in [-0.15, -0.1) is 11.8 Å². The Hall–Kier alpha value is -1.79. The minimum Gasteiger partial charge on any atom is -0.355 e. The van der Waals surface area contributed by atoms with Crippen LogP contribution in [0.3, 0.4) is 0 Å². The Labute approximate surface area is 173 Å². The quantitative estimate of drug-likeness (QED) is 0.575. The largest absolute Gasteiger partial charge is 0.355 e. The van der Waals surface area contributed by atoms with Crippen LogP contribution in [0, 0.1) is 0 Å². The van der Waals surface area contributed by atoms with Crippen molar-refractivity contribution in [2.75, 3.05) is 12.3 Å². The third kappa shape index (κ3) is 7.03. The highest BCUT2D eigenvalue weighted by Crippen LogP contribution is 2.20. The molecule has 0 unspecified atom stereocenters. The predicted molar refractivity (Wildman–Crippen MR) is 115 cm³/mol. The summed E-state index contributed by atoms with van der Waals surface area (Å²) in [6.45, 7) is 4.62. The molecule has 0 saturated carbocycles. The van der Waals surface area contributed by atoms with E-state index < -0.39 is 6.04 Å². The molecule has 0 aliphatic rings. The average molecular weight is 449 g/mol. The number of thioether (sulfide) groups is 1. The Bertz CT molecular complexity index is 755. The van der Waals surface area contributed by atoms with E-state index in [2.05, 4.69) is 21.2 Å². The summed E-state index contributed by atoms with van der Waals surface area (Å²) >= 11 is 5.11. The van der Waals surface area contributed by atoms with Crippen LogP contribution in [0.25, 0.3) is 0 Å². The highest BCUT2D eigenvalue weighted by molar-refractivity contribution is 9.10. The van der Waals surface area contributed by atoms with Crippen molar-refractivity contribution in [1.82, 2.24) is 10.2 Å². The Morgan fingerprint density at radius 1 is 1.15 bits per heavy atom. The van der Waals surface area contributed by atoms with Crippen LogP contribution in [0.4, 0.5) is 0 Å². The van der Waals surface area contributed by atoms with Gasteiger partial charge in [-0.05, 0) is 43.7 Å². The summed E-state index contributed by atoms with van der Waals surface area (Å²) < 4.78 is 0.956. The van der Waals surface area contributed by atoms with Crippen molar-refractivity contribution in [3.8, 4) is 0 Å². The molecule has 144 valence electrons. The molecule has 27 heavy (non-hydrogen) atoms. The summed E-state index contributed by atoms with van der Waals surface area (Å²) in [5.74, 6) is 0.536. The van der Waals surface area contributed by atoms with Crippen molar-refractivity contribution in [1.29, 1.82) is 0 Å². The molecule has 2 rings (SSSR count). The lowest BCUT2D eigenvalue weighted by Crippen LogP contribution is -2.47. The smallest absolute Gasteiger partial charge is 0.242 e. The first-order valence-corrected chi connectivity index (χ1v) is 10.8. The number of nitrogens with one attached hydrogen (secondary N) is 1. The lowest BCUT2D eigenvalue weighted by Gasteiger charge is -2.28. The van der Waals surface area contributed by atoms with Gasteiger partial charge in [0.1, 0.15) is 6.04 Å². The number of carbonyl (C=O) groups excluding carboxylic acids is 2. The highest BCUT2D eigenvalue weighted by atomic mass is 79.9. The Balaban J connectivity index is 2.05. The molecule has 2 amide bonds. The summed E-state index contributed by atoms with van der Waals surface area (Å²) in [7, 11) is 0. The Morgan fingerprint density at radius 3 is 2.56 bits per heavy atom. The molecule has 0 radical (unpaired) electrons. The van der Waals surface area contributed by atoms with Crippen LogP contribution < -0.4 is 5.32 Å². The maximum Gasteiger partial charge on any atom is 0.242 e. The van der Waals surface area contributed by atoms with Gasteiger partial charge in [0.2, 0.25) is 11.8 Å². The van der Waals surface area contributed by atoms with Crippen molar-refractivity contribution in [3.05, 3.63) is 64.6 Å².